The normalized spacial score (nSPS) is 11.8. The minimum Gasteiger partial charge on any atom is -0.493 e. The van der Waals surface area contributed by atoms with E-state index in [1.54, 1.807) is 28.4 Å². The lowest BCUT2D eigenvalue weighted by atomic mass is 10.2. The Morgan fingerprint density at radius 1 is 1.00 bits per heavy atom. The van der Waals surface area contributed by atoms with Gasteiger partial charge in [0.1, 0.15) is 0 Å². The fraction of sp³-hybridized carbons (Fsp3) is 0.571. The van der Waals surface area contributed by atoms with Crippen molar-refractivity contribution in [3.05, 3.63) is 12.1 Å². The fourth-order valence-corrected chi connectivity index (χ4v) is 1.86. The molecule has 0 bridgehead atoms. The summed E-state index contributed by atoms with van der Waals surface area (Å²) in [5.74, 6) is 1.86. The maximum absolute atomic E-state index is 5.32. The quantitative estimate of drug-likeness (QED) is 0.786. The van der Waals surface area contributed by atoms with Crippen LogP contribution in [-0.4, -0.2) is 41.1 Å². The predicted octanol–water partition coefficient (Wildman–Crippen LogP) is 2.55. The summed E-state index contributed by atoms with van der Waals surface area (Å²) >= 11 is 0. The van der Waals surface area contributed by atoms with Gasteiger partial charge in [-0.05, 0) is 6.42 Å². The van der Waals surface area contributed by atoms with Crippen molar-refractivity contribution in [1.82, 2.24) is 0 Å². The molecule has 0 aliphatic heterocycles. The van der Waals surface area contributed by atoms with Crippen LogP contribution in [0, 0.1) is 0 Å². The zero-order chi connectivity index (χ0) is 14.3. The third kappa shape index (κ3) is 3.92. The second-order valence-electron chi connectivity index (χ2n) is 4.12. The van der Waals surface area contributed by atoms with Gasteiger partial charge in [0, 0.05) is 31.0 Å². The number of ether oxygens (including phenoxy) is 4. The number of hydrogen-bond donors (Lipinski definition) is 1. The lowest BCUT2D eigenvalue weighted by molar-refractivity contribution is 0.184. The van der Waals surface area contributed by atoms with Gasteiger partial charge in [-0.1, -0.05) is 6.92 Å². The molecule has 0 heterocycles. The second kappa shape index (κ2) is 7.74. The first-order valence-electron chi connectivity index (χ1n) is 6.25. The van der Waals surface area contributed by atoms with E-state index in [-0.39, 0.29) is 6.04 Å². The van der Waals surface area contributed by atoms with Crippen LogP contribution in [0.4, 0.5) is 5.69 Å². The number of benzene rings is 1. The smallest absolute Gasteiger partial charge is 0.203 e. The number of rotatable bonds is 8. The molecule has 0 aliphatic carbocycles. The largest absolute Gasteiger partial charge is 0.493 e. The molecule has 0 amide bonds. The summed E-state index contributed by atoms with van der Waals surface area (Å²) in [6, 6.07) is 4.02. The van der Waals surface area contributed by atoms with Crippen molar-refractivity contribution in [2.45, 2.75) is 19.4 Å². The zero-order valence-electron chi connectivity index (χ0n) is 12.3. The molecule has 5 nitrogen and oxygen atoms in total. The lowest BCUT2D eigenvalue weighted by Crippen LogP contribution is -2.23. The van der Waals surface area contributed by atoms with Gasteiger partial charge in [-0.25, -0.2) is 0 Å². The Morgan fingerprint density at radius 3 is 1.95 bits per heavy atom. The van der Waals surface area contributed by atoms with Crippen molar-refractivity contribution >= 4 is 5.69 Å². The topological polar surface area (TPSA) is 49.0 Å². The number of anilines is 1. The van der Waals surface area contributed by atoms with Gasteiger partial charge in [0.25, 0.3) is 0 Å². The van der Waals surface area contributed by atoms with Gasteiger partial charge in [0.05, 0.1) is 27.9 Å². The Hall–Kier alpha value is -1.62. The molecule has 1 unspecified atom stereocenters. The maximum Gasteiger partial charge on any atom is 0.203 e. The molecule has 1 N–H and O–H groups in total. The first-order chi connectivity index (χ1) is 9.19. The standard InChI is InChI=1S/C14H23NO4/c1-6-10(9-16-2)15-11-7-12(17-3)14(19-5)13(8-11)18-4/h7-8,10,15H,6,9H2,1-5H3. The highest BCUT2D eigenvalue weighted by atomic mass is 16.5. The minimum absolute atomic E-state index is 0.243. The van der Waals surface area contributed by atoms with Crippen LogP contribution in [-0.2, 0) is 4.74 Å². The third-order valence-corrected chi connectivity index (χ3v) is 2.90. The van der Waals surface area contributed by atoms with Gasteiger partial charge in [-0.15, -0.1) is 0 Å². The molecule has 108 valence electrons. The number of nitrogens with one attached hydrogen (secondary N) is 1. The van der Waals surface area contributed by atoms with Gasteiger partial charge in [0.2, 0.25) is 5.75 Å². The van der Waals surface area contributed by atoms with Crippen molar-refractivity contribution < 1.29 is 18.9 Å². The van der Waals surface area contributed by atoms with E-state index in [0.717, 1.165) is 12.1 Å². The summed E-state index contributed by atoms with van der Waals surface area (Å²) in [5.41, 5.74) is 0.915. The van der Waals surface area contributed by atoms with Crippen LogP contribution in [0.15, 0.2) is 12.1 Å². The molecule has 1 aromatic carbocycles. The van der Waals surface area contributed by atoms with Gasteiger partial charge in [-0.2, -0.15) is 0 Å². The van der Waals surface area contributed by atoms with Crippen LogP contribution in [0.25, 0.3) is 0 Å². The van der Waals surface area contributed by atoms with Crippen molar-refractivity contribution in [3.8, 4) is 17.2 Å². The van der Waals surface area contributed by atoms with Crippen molar-refractivity contribution in [1.29, 1.82) is 0 Å². The Bertz CT molecular complexity index is 370. The van der Waals surface area contributed by atoms with E-state index in [1.165, 1.54) is 0 Å². The molecule has 0 saturated heterocycles. The molecule has 1 aromatic rings. The highest BCUT2D eigenvalue weighted by Crippen LogP contribution is 2.40. The minimum atomic E-state index is 0.243. The summed E-state index contributed by atoms with van der Waals surface area (Å²) in [6.07, 6.45) is 0.963. The molecule has 5 heteroatoms. The highest BCUT2D eigenvalue weighted by molar-refractivity contribution is 5.62. The third-order valence-electron chi connectivity index (χ3n) is 2.90. The SMILES string of the molecule is CCC(COC)Nc1cc(OC)c(OC)c(OC)c1. The average Bonchev–Trinajstić information content (AvgIpc) is 2.45. The Morgan fingerprint density at radius 2 is 1.58 bits per heavy atom. The monoisotopic (exact) mass is 269 g/mol. The van der Waals surface area contributed by atoms with E-state index in [2.05, 4.69) is 12.2 Å². The zero-order valence-corrected chi connectivity index (χ0v) is 12.3. The molecule has 1 atom stereocenters. The molecule has 0 aliphatic rings. The van der Waals surface area contributed by atoms with E-state index < -0.39 is 0 Å². The van der Waals surface area contributed by atoms with Crippen LogP contribution in [0.5, 0.6) is 17.2 Å². The summed E-state index contributed by atoms with van der Waals surface area (Å²) in [4.78, 5) is 0. The van der Waals surface area contributed by atoms with Crippen LogP contribution in [0.3, 0.4) is 0 Å². The number of hydrogen-bond acceptors (Lipinski definition) is 5. The van der Waals surface area contributed by atoms with E-state index >= 15 is 0 Å². The highest BCUT2D eigenvalue weighted by Gasteiger charge is 2.14. The van der Waals surface area contributed by atoms with Gasteiger partial charge in [-0.3, -0.25) is 0 Å². The van der Waals surface area contributed by atoms with Crippen molar-refractivity contribution in [2.24, 2.45) is 0 Å². The molecule has 0 fully saturated rings. The fourth-order valence-electron chi connectivity index (χ4n) is 1.86. The average molecular weight is 269 g/mol. The Labute approximate surface area is 114 Å². The second-order valence-corrected chi connectivity index (χ2v) is 4.12. The van der Waals surface area contributed by atoms with Crippen molar-refractivity contribution in [3.63, 3.8) is 0 Å². The number of methoxy groups -OCH3 is 4. The molecule has 19 heavy (non-hydrogen) atoms. The summed E-state index contributed by atoms with van der Waals surface area (Å²) in [7, 11) is 6.49. The van der Waals surface area contributed by atoms with Gasteiger partial charge < -0.3 is 24.3 Å². The van der Waals surface area contributed by atoms with Crippen LogP contribution < -0.4 is 19.5 Å². The van der Waals surface area contributed by atoms with Gasteiger partial charge in [0.15, 0.2) is 11.5 Å². The molecule has 0 spiro atoms. The van der Waals surface area contributed by atoms with Crippen LogP contribution in [0.2, 0.25) is 0 Å². The van der Waals surface area contributed by atoms with Gasteiger partial charge >= 0.3 is 0 Å². The molecule has 1 rings (SSSR count). The van der Waals surface area contributed by atoms with Crippen LogP contribution >= 0.6 is 0 Å². The van der Waals surface area contributed by atoms with E-state index in [4.69, 9.17) is 18.9 Å². The molecule has 0 saturated carbocycles. The van der Waals surface area contributed by atoms with Crippen LogP contribution in [0.1, 0.15) is 13.3 Å². The predicted molar refractivity (Wildman–Crippen MR) is 75.7 cm³/mol. The molecular formula is C14H23NO4. The Balaban J connectivity index is 3.01. The lowest BCUT2D eigenvalue weighted by Gasteiger charge is -2.20. The first kappa shape index (κ1) is 15.4. The summed E-state index contributed by atoms with van der Waals surface area (Å²) in [5, 5.41) is 3.39. The first-order valence-corrected chi connectivity index (χ1v) is 6.25. The van der Waals surface area contributed by atoms with Crippen molar-refractivity contribution in [2.75, 3.05) is 40.4 Å². The van der Waals surface area contributed by atoms with E-state index in [9.17, 15) is 0 Å². The molecular weight excluding hydrogens is 246 g/mol. The Kier molecular flexibility index (Phi) is 6.29. The van der Waals surface area contributed by atoms with E-state index in [0.29, 0.717) is 23.9 Å². The summed E-state index contributed by atoms with van der Waals surface area (Å²) < 4.78 is 21.1. The molecule has 0 aromatic heterocycles. The summed E-state index contributed by atoms with van der Waals surface area (Å²) in [6.45, 7) is 2.75. The molecule has 0 radical (unpaired) electrons. The maximum atomic E-state index is 5.32. The van der Waals surface area contributed by atoms with E-state index in [1.807, 2.05) is 12.1 Å².